The van der Waals surface area contributed by atoms with Crippen molar-refractivity contribution < 1.29 is 22.9 Å². The number of halogens is 3. The SMILES string of the molecule is CC.CCN1CCN(Cc2cc(NC(=O)c3ccc(C)c(-c4ccc([N+](=O)[O-])c(NC)c4)c3)cc(C(F)(F)F)c2)CC1. The van der Waals surface area contributed by atoms with Gasteiger partial charge in [0.15, 0.2) is 0 Å². The molecular formula is C31H38F3N5O3. The van der Waals surface area contributed by atoms with E-state index in [1.54, 1.807) is 43.4 Å². The molecule has 1 aliphatic rings. The van der Waals surface area contributed by atoms with Crippen LogP contribution in [0.1, 0.15) is 47.8 Å². The van der Waals surface area contributed by atoms with E-state index < -0.39 is 22.6 Å². The molecule has 3 aromatic rings. The third kappa shape index (κ3) is 8.07. The minimum Gasteiger partial charge on any atom is -0.383 e. The van der Waals surface area contributed by atoms with Crippen LogP contribution in [-0.4, -0.2) is 60.4 Å². The van der Waals surface area contributed by atoms with E-state index >= 15 is 0 Å². The van der Waals surface area contributed by atoms with Gasteiger partial charge in [-0.1, -0.05) is 26.8 Å². The van der Waals surface area contributed by atoms with Crippen LogP contribution in [0.2, 0.25) is 0 Å². The summed E-state index contributed by atoms with van der Waals surface area (Å²) in [5.74, 6) is -0.557. The molecule has 0 aromatic heterocycles. The molecule has 0 unspecified atom stereocenters. The van der Waals surface area contributed by atoms with Gasteiger partial charge < -0.3 is 15.5 Å². The van der Waals surface area contributed by atoms with Gasteiger partial charge in [-0.15, -0.1) is 0 Å². The highest BCUT2D eigenvalue weighted by atomic mass is 19.4. The Morgan fingerprint density at radius 3 is 2.24 bits per heavy atom. The quantitative estimate of drug-likeness (QED) is 0.218. The highest BCUT2D eigenvalue weighted by molar-refractivity contribution is 6.05. The normalized spacial score (nSPS) is 14.1. The molecule has 11 heteroatoms. The number of carbonyl (C=O) groups is 1. The largest absolute Gasteiger partial charge is 0.416 e. The lowest BCUT2D eigenvalue weighted by molar-refractivity contribution is -0.383. The summed E-state index contributed by atoms with van der Waals surface area (Å²) in [6.45, 7) is 12.5. The fourth-order valence-corrected chi connectivity index (χ4v) is 4.88. The summed E-state index contributed by atoms with van der Waals surface area (Å²) >= 11 is 0. The molecule has 1 heterocycles. The number of aryl methyl sites for hydroxylation is 1. The van der Waals surface area contributed by atoms with Crippen LogP contribution in [0.3, 0.4) is 0 Å². The number of likely N-dealkylation sites (N-methyl/N-ethyl adjacent to an activating group) is 1. The lowest BCUT2D eigenvalue weighted by Gasteiger charge is -2.34. The van der Waals surface area contributed by atoms with Crippen molar-refractivity contribution in [1.29, 1.82) is 0 Å². The van der Waals surface area contributed by atoms with Crippen molar-refractivity contribution in [2.24, 2.45) is 0 Å². The van der Waals surface area contributed by atoms with Gasteiger partial charge in [0, 0.05) is 57.1 Å². The van der Waals surface area contributed by atoms with Gasteiger partial charge in [0.2, 0.25) is 0 Å². The number of nitrogens with zero attached hydrogens (tertiary/aromatic N) is 3. The monoisotopic (exact) mass is 585 g/mol. The van der Waals surface area contributed by atoms with Crippen molar-refractivity contribution in [2.45, 2.75) is 40.4 Å². The molecule has 0 atom stereocenters. The number of hydrogen-bond acceptors (Lipinski definition) is 6. The summed E-state index contributed by atoms with van der Waals surface area (Å²) < 4.78 is 41.2. The van der Waals surface area contributed by atoms with Crippen molar-refractivity contribution in [3.05, 3.63) is 87.0 Å². The maximum atomic E-state index is 13.7. The zero-order valence-corrected chi connectivity index (χ0v) is 24.6. The average Bonchev–Trinajstić information content (AvgIpc) is 2.97. The van der Waals surface area contributed by atoms with E-state index in [1.165, 1.54) is 6.07 Å². The van der Waals surface area contributed by atoms with Crippen molar-refractivity contribution in [3.63, 3.8) is 0 Å². The maximum Gasteiger partial charge on any atom is 0.416 e. The summed E-state index contributed by atoms with van der Waals surface area (Å²) in [6.07, 6.45) is -4.56. The van der Waals surface area contributed by atoms with E-state index in [2.05, 4.69) is 27.4 Å². The Morgan fingerprint density at radius 1 is 0.976 bits per heavy atom. The molecular weight excluding hydrogens is 547 g/mol. The van der Waals surface area contributed by atoms with Gasteiger partial charge in [-0.25, -0.2) is 0 Å². The fraction of sp³-hybridized carbons (Fsp3) is 0.387. The number of nitro benzene ring substituents is 1. The van der Waals surface area contributed by atoms with Crippen LogP contribution in [0.25, 0.3) is 11.1 Å². The van der Waals surface area contributed by atoms with Crippen LogP contribution < -0.4 is 10.6 Å². The van der Waals surface area contributed by atoms with Crippen molar-refractivity contribution in [2.75, 3.05) is 50.4 Å². The van der Waals surface area contributed by atoms with Crippen LogP contribution >= 0.6 is 0 Å². The van der Waals surface area contributed by atoms with Crippen LogP contribution in [-0.2, 0) is 12.7 Å². The fourth-order valence-electron chi connectivity index (χ4n) is 4.88. The first-order valence-corrected chi connectivity index (χ1v) is 14.0. The smallest absolute Gasteiger partial charge is 0.383 e. The number of benzene rings is 3. The van der Waals surface area contributed by atoms with Gasteiger partial charge in [-0.3, -0.25) is 19.8 Å². The highest BCUT2D eigenvalue weighted by Crippen LogP contribution is 2.34. The molecule has 1 fully saturated rings. The molecule has 0 spiro atoms. The lowest BCUT2D eigenvalue weighted by atomic mass is 9.97. The number of anilines is 2. The zero-order valence-electron chi connectivity index (χ0n) is 24.6. The Hall–Kier alpha value is -3.96. The molecule has 1 amide bonds. The second-order valence-electron chi connectivity index (χ2n) is 9.85. The lowest BCUT2D eigenvalue weighted by Crippen LogP contribution is -2.45. The second-order valence-corrected chi connectivity index (χ2v) is 9.85. The predicted molar refractivity (Wildman–Crippen MR) is 161 cm³/mol. The molecule has 0 bridgehead atoms. The van der Waals surface area contributed by atoms with E-state index in [4.69, 9.17) is 0 Å². The molecule has 8 nitrogen and oxygen atoms in total. The molecule has 42 heavy (non-hydrogen) atoms. The molecule has 0 aliphatic carbocycles. The van der Waals surface area contributed by atoms with E-state index in [0.29, 0.717) is 28.9 Å². The highest BCUT2D eigenvalue weighted by Gasteiger charge is 2.31. The number of piperazine rings is 1. The summed E-state index contributed by atoms with van der Waals surface area (Å²) in [7, 11) is 1.58. The Kier molecular flexibility index (Phi) is 11.1. The van der Waals surface area contributed by atoms with Gasteiger partial charge in [0.1, 0.15) is 5.69 Å². The van der Waals surface area contributed by atoms with E-state index in [-0.39, 0.29) is 16.9 Å². The molecule has 226 valence electrons. The van der Waals surface area contributed by atoms with Gasteiger partial charge in [0.25, 0.3) is 11.6 Å². The molecule has 1 aliphatic heterocycles. The van der Waals surface area contributed by atoms with Crippen LogP contribution in [0.15, 0.2) is 54.6 Å². The van der Waals surface area contributed by atoms with E-state index in [0.717, 1.165) is 50.4 Å². The standard InChI is InChI=1S/C29H32F3N5O3.C2H6/c1-4-35-9-11-36(12-10-35)18-20-13-23(29(30,31)32)17-24(14-20)34-28(38)22-6-5-19(2)25(15-22)21-7-8-27(37(39)40)26(16-21)33-3;1-2/h5-8,13-17,33H,4,9-12,18H2,1-3H3,(H,34,38);1-2H3. The molecule has 3 aromatic carbocycles. The molecule has 4 rings (SSSR count). The first-order valence-electron chi connectivity index (χ1n) is 14.0. The van der Waals surface area contributed by atoms with Crippen molar-refractivity contribution in [1.82, 2.24) is 9.80 Å². The van der Waals surface area contributed by atoms with Gasteiger partial charge >= 0.3 is 6.18 Å². The Balaban J connectivity index is 0.00000237. The number of hydrogen-bond donors (Lipinski definition) is 2. The van der Waals surface area contributed by atoms with Crippen LogP contribution in [0, 0.1) is 17.0 Å². The summed E-state index contributed by atoms with van der Waals surface area (Å²) in [6, 6.07) is 13.2. The predicted octanol–water partition coefficient (Wildman–Crippen LogP) is 7.05. The third-order valence-electron chi connectivity index (χ3n) is 7.17. The second kappa shape index (κ2) is 14.3. The summed E-state index contributed by atoms with van der Waals surface area (Å²) in [5.41, 5.74) is 2.39. The van der Waals surface area contributed by atoms with Crippen molar-refractivity contribution in [3.8, 4) is 11.1 Å². The summed E-state index contributed by atoms with van der Waals surface area (Å²) in [4.78, 5) is 28.4. The average molecular weight is 586 g/mol. The maximum absolute atomic E-state index is 13.7. The topological polar surface area (TPSA) is 90.8 Å². The first kappa shape index (κ1) is 32.6. The number of rotatable bonds is 8. The number of alkyl halides is 3. The molecule has 1 saturated heterocycles. The van der Waals surface area contributed by atoms with E-state index in [1.807, 2.05) is 20.8 Å². The third-order valence-corrected chi connectivity index (χ3v) is 7.17. The zero-order chi connectivity index (χ0) is 31.0. The molecule has 2 N–H and O–H groups in total. The Morgan fingerprint density at radius 2 is 1.64 bits per heavy atom. The Labute approximate surface area is 244 Å². The minimum atomic E-state index is -4.56. The van der Waals surface area contributed by atoms with E-state index in [9.17, 15) is 28.1 Å². The number of amides is 1. The van der Waals surface area contributed by atoms with Gasteiger partial charge in [-0.05, 0) is 78.2 Å². The minimum absolute atomic E-state index is 0.0666. The van der Waals surface area contributed by atoms with Crippen molar-refractivity contribution >= 4 is 23.0 Å². The number of nitro groups is 1. The molecule has 0 saturated carbocycles. The van der Waals surface area contributed by atoms with Crippen LogP contribution in [0.5, 0.6) is 0 Å². The van der Waals surface area contributed by atoms with Gasteiger partial charge in [-0.2, -0.15) is 13.2 Å². The van der Waals surface area contributed by atoms with Gasteiger partial charge in [0.05, 0.1) is 10.5 Å². The number of nitrogens with one attached hydrogen (secondary N) is 2. The summed E-state index contributed by atoms with van der Waals surface area (Å²) in [5, 5.41) is 16.8. The Bertz CT molecular complexity index is 1400. The number of carbonyl (C=O) groups excluding carboxylic acids is 1. The molecule has 0 radical (unpaired) electrons. The first-order chi connectivity index (χ1) is 20.0. The van der Waals surface area contributed by atoms with Crippen LogP contribution in [0.4, 0.5) is 30.2 Å².